The third-order valence-electron chi connectivity index (χ3n) is 4.20. The number of aromatic nitrogens is 2. The minimum absolute atomic E-state index is 0.581. The zero-order chi connectivity index (χ0) is 14.5. The van der Waals surface area contributed by atoms with Crippen molar-refractivity contribution in [3.8, 4) is 5.75 Å². The van der Waals surface area contributed by atoms with E-state index in [-0.39, 0.29) is 0 Å². The van der Waals surface area contributed by atoms with Crippen LogP contribution in [0.25, 0.3) is 0 Å². The van der Waals surface area contributed by atoms with Gasteiger partial charge in [0.05, 0.1) is 6.20 Å². The Bertz CT molecular complexity index is 552. The molecule has 21 heavy (non-hydrogen) atoms. The molecule has 2 heterocycles. The molecule has 0 bridgehead atoms. The van der Waals surface area contributed by atoms with Gasteiger partial charge < -0.3 is 4.74 Å². The SMILES string of the molecule is Cc1cn[nH]c1[C@H]1CCCN(CCOc2ccccc2)C1. The molecule has 1 aliphatic rings. The maximum atomic E-state index is 5.80. The molecular weight excluding hydrogens is 262 g/mol. The Morgan fingerprint density at radius 1 is 1.33 bits per heavy atom. The van der Waals surface area contributed by atoms with Gasteiger partial charge in [-0.2, -0.15) is 5.10 Å². The van der Waals surface area contributed by atoms with Crippen LogP contribution in [0.4, 0.5) is 0 Å². The quantitative estimate of drug-likeness (QED) is 0.918. The molecule has 1 aromatic heterocycles. The van der Waals surface area contributed by atoms with Gasteiger partial charge in [0.1, 0.15) is 12.4 Å². The average Bonchev–Trinajstić information content (AvgIpc) is 2.95. The molecule has 1 aliphatic heterocycles. The third kappa shape index (κ3) is 3.64. The fourth-order valence-electron chi connectivity index (χ4n) is 3.07. The Kier molecular flexibility index (Phi) is 4.55. The van der Waals surface area contributed by atoms with Crippen LogP contribution in [-0.4, -0.2) is 41.3 Å². The summed E-state index contributed by atoms with van der Waals surface area (Å²) in [6, 6.07) is 10.0. The van der Waals surface area contributed by atoms with Gasteiger partial charge in [0.25, 0.3) is 0 Å². The van der Waals surface area contributed by atoms with Crippen LogP contribution in [-0.2, 0) is 0 Å². The van der Waals surface area contributed by atoms with Gasteiger partial charge in [-0.25, -0.2) is 0 Å². The molecule has 0 unspecified atom stereocenters. The molecule has 1 atom stereocenters. The number of ether oxygens (including phenoxy) is 1. The van der Waals surface area contributed by atoms with E-state index >= 15 is 0 Å². The Morgan fingerprint density at radius 2 is 2.19 bits per heavy atom. The highest BCUT2D eigenvalue weighted by Crippen LogP contribution is 2.27. The zero-order valence-electron chi connectivity index (χ0n) is 12.6. The number of para-hydroxylation sites is 1. The maximum Gasteiger partial charge on any atom is 0.119 e. The molecule has 2 aromatic rings. The first-order chi connectivity index (χ1) is 10.3. The predicted octanol–water partition coefficient (Wildman–Crippen LogP) is 2.98. The summed E-state index contributed by atoms with van der Waals surface area (Å²) in [6.45, 7) is 6.14. The summed E-state index contributed by atoms with van der Waals surface area (Å²) in [7, 11) is 0. The number of nitrogens with one attached hydrogen (secondary N) is 1. The fourth-order valence-corrected chi connectivity index (χ4v) is 3.07. The van der Waals surface area contributed by atoms with Crippen molar-refractivity contribution in [1.82, 2.24) is 15.1 Å². The van der Waals surface area contributed by atoms with Gasteiger partial charge in [-0.3, -0.25) is 10.00 Å². The van der Waals surface area contributed by atoms with Gasteiger partial charge in [0.2, 0.25) is 0 Å². The second kappa shape index (κ2) is 6.76. The number of hydrogen-bond donors (Lipinski definition) is 1. The predicted molar refractivity (Wildman–Crippen MR) is 83.7 cm³/mol. The first kappa shape index (κ1) is 14.1. The van der Waals surface area contributed by atoms with Crippen molar-refractivity contribution in [2.45, 2.75) is 25.7 Å². The van der Waals surface area contributed by atoms with Crippen LogP contribution in [0.2, 0.25) is 0 Å². The summed E-state index contributed by atoms with van der Waals surface area (Å²) in [4.78, 5) is 2.50. The van der Waals surface area contributed by atoms with Gasteiger partial charge in [-0.05, 0) is 44.0 Å². The molecule has 0 saturated carbocycles. The van der Waals surface area contributed by atoms with Crippen LogP contribution in [0.1, 0.15) is 30.0 Å². The highest BCUT2D eigenvalue weighted by Gasteiger charge is 2.23. The van der Waals surface area contributed by atoms with E-state index in [4.69, 9.17) is 4.74 Å². The van der Waals surface area contributed by atoms with Gasteiger partial charge in [0, 0.05) is 24.7 Å². The smallest absolute Gasteiger partial charge is 0.119 e. The summed E-state index contributed by atoms with van der Waals surface area (Å²) >= 11 is 0. The second-order valence-corrected chi connectivity index (χ2v) is 5.77. The molecule has 3 rings (SSSR count). The summed E-state index contributed by atoms with van der Waals surface area (Å²) < 4.78 is 5.80. The highest BCUT2D eigenvalue weighted by molar-refractivity contribution is 5.21. The average molecular weight is 285 g/mol. The van der Waals surface area contributed by atoms with E-state index in [1.165, 1.54) is 30.6 Å². The Morgan fingerprint density at radius 3 is 2.95 bits per heavy atom. The molecule has 112 valence electrons. The molecular formula is C17H23N3O. The van der Waals surface area contributed by atoms with Crippen molar-refractivity contribution in [1.29, 1.82) is 0 Å². The molecule has 1 saturated heterocycles. The van der Waals surface area contributed by atoms with Crippen molar-refractivity contribution in [3.05, 3.63) is 47.8 Å². The van der Waals surface area contributed by atoms with Crippen LogP contribution < -0.4 is 4.74 Å². The Hall–Kier alpha value is -1.81. The number of H-pyrrole nitrogens is 1. The van der Waals surface area contributed by atoms with Gasteiger partial charge in [0.15, 0.2) is 0 Å². The molecule has 0 amide bonds. The minimum Gasteiger partial charge on any atom is -0.492 e. The molecule has 0 spiro atoms. The number of rotatable bonds is 5. The van der Waals surface area contributed by atoms with Crippen molar-refractivity contribution in [2.24, 2.45) is 0 Å². The number of piperidine rings is 1. The second-order valence-electron chi connectivity index (χ2n) is 5.77. The maximum absolute atomic E-state index is 5.80. The minimum atomic E-state index is 0.581. The normalized spacial score (nSPS) is 19.6. The fraction of sp³-hybridized carbons (Fsp3) is 0.471. The van der Waals surface area contributed by atoms with Crippen LogP contribution in [0.5, 0.6) is 5.75 Å². The van der Waals surface area contributed by atoms with Crippen LogP contribution in [0.15, 0.2) is 36.5 Å². The largest absolute Gasteiger partial charge is 0.492 e. The Labute approximate surface area is 126 Å². The summed E-state index contributed by atoms with van der Waals surface area (Å²) in [5.41, 5.74) is 2.59. The van der Waals surface area contributed by atoms with Crippen LogP contribution in [0.3, 0.4) is 0 Å². The van der Waals surface area contributed by atoms with E-state index in [9.17, 15) is 0 Å². The van der Waals surface area contributed by atoms with E-state index in [2.05, 4.69) is 22.0 Å². The highest BCUT2D eigenvalue weighted by atomic mass is 16.5. The first-order valence-electron chi connectivity index (χ1n) is 7.73. The zero-order valence-corrected chi connectivity index (χ0v) is 12.6. The number of benzene rings is 1. The molecule has 1 N–H and O–H groups in total. The molecule has 1 aromatic carbocycles. The van der Waals surface area contributed by atoms with E-state index in [1.54, 1.807) is 0 Å². The monoisotopic (exact) mass is 285 g/mol. The third-order valence-corrected chi connectivity index (χ3v) is 4.20. The van der Waals surface area contributed by atoms with Gasteiger partial charge in [-0.1, -0.05) is 18.2 Å². The number of aromatic amines is 1. The van der Waals surface area contributed by atoms with Crippen molar-refractivity contribution < 1.29 is 4.74 Å². The first-order valence-corrected chi connectivity index (χ1v) is 7.73. The van der Waals surface area contributed by atoms with Gasteiger partial charge in [-0.15, -0.1) is 0 Å². The van der Waals surface area contributed by atoms with E-state index < -0.39 is 0 Å². The van der Waals surface area contributed by atoms with E-state index in [0.717, 1.165) is 25.4 Å². The van der Waals surface area contributed by atoms with Crippen molar-refractivity contribution in [2.75, 3.05) is 26.2 Å². The lowest BCUT2D eigenvalue weighted by atomic mass is 9.93. The Balaban J connectivity index is 1.49. The summed E-state index contributed by atoms with van der Waals surface area (Å²) in [5, 5.41) is 7.33. The van der Waals surface area contributed by atoms with Crippen LogP contribution in [0, 0.1) is 6.92 Å². The molecule has 4 nitrogen and oxygen atoms in total. The molecule has 0 aliphatic carbocycles. The topological polar surface area (TPSA) is 41.2 Å². The lowest BCUT2D eigenvalue weighted by Crippen LogP contribution is -2.37. The van der Waals surface area contributed by atoms with Gasteiger partial charge >= 0.3 is 0 Å². The van der Waals surface area contributed by atoms with E-state index in [1.807, 2.05) is 36.5 Å². The number of likely N-dealkylation sites (tertiary alicyclic amines) is 1. The molecule has 4 heteroatoms. The molecule has 0 radical (unpaired) electrons. The van der Waals surface area contributed by atoms with Crippen LogP contribution >= 0.6 is 0 Å². The van der Waals surface area contributed by atoms with Crippen molar-refractivity contribution >= 4 is 0 Å². The summed E-state index contributed by atoms with van der Waals surface area (Å²) in [5.74, 6) is 1.54. The molecule has 1 fully saturated rings. The number of hydrogen-bond acceptors (Lipinski definition) is 3. The van der Waals surface area contributed by atoms with E-state index in [0.29, 0.717) is 5.92 Å². The number of nitrogens with zero attached hydrogens (tertiary/aromatic N) is 2. The van der Waals surface area contributed by atoms with Crippen molar-refractivity contribution in [3.63, 3.8) is 0 Å². The standard InChI is InChI=1S/C17H23N3O/c1-14-12-18-19-17(14)15-6-5-9-20(13-15)10-11-21-16-7-3-2-4-8-16/h2-4,7-8,12,15H,5-6,9-11,13H2,1H3,(H,18,19)/t15-/m0/s1. The summed E-state index contributed by atoms with van der Waals surface area (Å²) in [6.07, 6.45) is 4.42. The lowest BCUT2D eigenvalue weighted by molar-refractivity contribution is 0.169. The lowest BCUT2D eigenvalue weighted by Gasteiger charge is -2.32. The number of aryl methyl sites for hydroxylation is 1.